The van der Waals surface area contributed by atoms with Crippen molar-refractivity contribution in [2.45, 2.75) is 33.2 Å². The largest absolute Gasteiger partial charge is 0.465 e. The smallest absolute Gasteiger partial charge is 0.412 e. The molecule has 0 aromatic carbocycles. The van der Waals surface area contributed by atoms with E-state index < -0.39 is 11.6 Å². The van der Waals surface area contributed by atoms with E-state index in [4.69, 9.17) is 0 Å². The fourth-order valence-corrected chi connectivity index (χ4v) is 1.86. The second-order valence-corrected chi connectivity index (χ2v) is 5.30. The van der Waals surface area contributed by atoms with Gasteiger partial charge in [-0.3, -0.25) is 4.90 Å². The van der Waals surface area contributed by atoms with Crippen LogP contribution in [-0.4, -0.2) is 41.9 Å². The lowest BCUT2D eigenvalue weighted by molar-refractivity contribution is 0.195. The van der Waals surface area contributed by atoms with E-state index in [1.807, 2.05) is 20.8 Å². The van der Waals surface area contributed by atoms with Crippen molar-refractivity contribution in [2.24, 2.45) is 0 Å². The first-order valence-electron chi connectivity index (χ1n) is 6.05. The van der Waals surface area contributed by atoms with Gasteiger partial charge >= 0.3 is 6.09 Å². The Balaban J connectivity index is 2.37. The fraction of sp³-hybridized carbons (Fsp3) is 0.417. The second-order valence-electron chi connectivity index (χ2n) is 5.30. The number of amides is 1. The van der Waals surface area contributed by atoms with Gasteiger partial charge in [0.05, 0.1) is 11.9 Å². The van der Waals surface area contributed by atoms with Crippen molar-refractivity contribution < 1.29 is 9.90 Å². The summed E-state index contributed by atoms with van der Waals surface area (Å²) in [5.74, 6) is 1.15. The number of tetrazole rings is 1. The van der Waals surface area contributed by atoms with Crippen LogP contribution in [0.3, 0.4) is 0 Å². The number of carboxylic acid groups (broad SMARTS) is 1. The molecule has 0 atom stereocenters. The first-order chi connectivity index (χ1) is 9.30. The minimum absolute atomic E-state index is 0.500. The Kier molecular flexibility index (Phi) is 3.39. The number of pyridine rings is 1. The normalized spacial score (nSPS) is 11.4. The molecular formula is C12H16N6O2. The lowest BCUT2D eigenvalue weighted by atomic mass is 10.1. The Labute approximate surface area is 116 Å². The highest BCUT2D eigenvalue weighted by atomic mass is 16.4. The van der Waals surface area contributed by atoms with E-state index in [1.165, 1.54) is 15.8 Å². The van der Waals surface area contributed by atoms with Crippen LogP contribution in [0.25, 0.3) is 5.82 Å². The maximum atomic E-state index is 11.4. The monoisotopic (exact) mass is 276 g/mol. The van der Waals surface area contributed by atoms with Gasteiger partial charge in [-0.25, -0.2) is 9.78 Å². The molecule has 0 aliphatic heterocycles. The number of carbonyl (C=O) groups is 1. The maximum Gasteiger partial charge on any atom is 0.412 e. The molecule has 0 radical (unpaired) electrons. The quantitative estimate of drug-likeness (QED) is 0.895. The molecule has 0 aliphatic carbocycles. The van der Waals surface area contributed by atoms with Crippen molar-refractivity contribution in [3.63, 3.8) is 0 Å². The van der Waals surface area contributed by atoms with Crippen LogP contribution in [0.1, 0.15) is 26.6 Å². The SMILES string of the molecule is Cc1nnnn1-c1ccc(N(C(=O)O)C(C)(C)C)cn1. The third-order valence-corrected chi connectivity index (χ3v) is 2.69. The number of hydrogen-bond acceptors (Lipinski definition) is 5. The van der Waals surface area contributed by atoms with E-state index in [0.717, 1.165) is 0 Å². The van der Waals surface area contributed by atoms with Crippen molar-refractivity contribution in [1.82, 2.24) is 25.2 Å². The van der Waals surface area contributed by atoms with Gasteiger partial charge in [0.2, 0.25) is 0 Å². The minimum Gasteiger partial charge on any atom is -0.465 e. The highest BCUT2D eigenvalue weighted by Crippen LogP contribution is 2.23. The summed E-state index contributed by atoms with van der Waals surface area (Å²) >= 11 is 0. The van der Waals surface area contributed by atoms with E-state index in [9.17, 15) is 9.90 Å². The molecule has 0 bridgehead atoms. The number of nitrogens with zero attached hydrogens (tertiary/aromatic N) is 6. The zero-order valence-electron chi connectivity index (χ0n) is 11.8. The molecule has 0 saturated carbocycles. The van der Waals surface area contributed by atoms with Gasteiger partial charge in [0.15, 0.2) is 11.6 Å². The predicted molar refractivity (Wildman–Crippen MR) is 71.9 cm³/mol. The molecular weight excluding hydrogens is 260 g/mol. The summed E-state index contributed by atoms with van der Waals surface area (Å²) in [4.78, 5) is 16.8. The molecule has 0 aliphatic rings. The van der Waals surface area contributed by atoms with Crippen molar-refractivity contribution in [1.29, 1.82) is 0 Å². The first kappa shape index (κ1) is 13.9. The molecule has 1 amide bonds. The molecule has 20 heavy (non-hydrogen) atoms. The number of anilines is 1. The Morgan fingerprint density at radius 2 is 2.05 bits per heavy atom. The highest BCUT2D eigenvalue weighted by molar-refractivity contribution is 5.87. The Hall–Kier alpha value is -2.51. The number of aromatic nitrogens is 5. The molecule has 1 N–H and O–H groups in total. The van der Waals surface area contributed by atoms with Gasteiger partial charge in [-0.2, -0.15) is 4.68 Å². The van der Waals surface area contributed by atoms with Crippen molar-refractivity contribution in [3.8, 4) is 5.82 Å². The molecule has 2 aromatic rings. The van der Waals surface area contributed by atoms with Gasteiger partial charge in [0.25, 0.3) is 0 Å². The average Bonchev–Trinajstić information content (AvgIpc) is 2.74. The molecule has 0 spiro atoms. The summed E-state index contributed by atoms with van der Waals surface area (Å²) in [5, 5.41) is 20.4. The lowest BCUT2D eigenvalue weighted by Crippen LogP contribution is -2.45. The summed E-state index contributed by atoms with van der Waals surface area (Å²) < 4.78 is 1.48. The van der Waals surface area contributed by atoms with E-state index in [1.54, 1.807) is 19.1 Å². The van der Waals surface area contributed by atoms with Crippen molar-refractivity contribution >= 4 is 11.8 Å². The van der Waals surface area contributed by atoms with Crippen LogP contribution in [0, 0.1) is 6.92 Å². The van der Waals surface area contributed by atoms with Crippen LogP contribution < -0.4 is 4.90 Å². The van der Waals surface area contributed by atoms with E-state index >= 15 is 0 Å². The number of aryl methyl sites for hydroxylation is 1. The van der Waals surface area contributed by atoms with Crippen LogP contribution in [-0.2, 0) is 0 Å². The van der Waals surface area contributed by atoms with Crippen molar-refractivity contribution in [3.05, 3.63) is 24.2 Å². The minimum atomic E-state index is -1.02. The summed E-state index contributed by atoms with van der Waals surface area (Å²) in [6, 6.07) is 3.36. The second kappa shape index (κ2) is 4.87. The zero-order chi connectivity index (χ0) is 14.9. The molecule has 2 aromatic heterocycles. The average molecular weight is 276 g/mol. The summed E-state index contributed by atoms with van der Waals surface area (Å²) in [6.07, 6.45) is 0.473. The number of rotatable bonds is 2. The van der Waals surface area contributed by atoms with Gasteiger partial charge in [0, 0.05) is 5.54 Å². The van der Waals surface area contributed by atoms with Gasteiger partial charge in [-0.1, -0.05) is 0 Å². The Bertz CT molecular complexity index is 614. The highest BCUT2D eigenvalue weighted by Gasteiger charge is 2.28. The molecule has 0 saturated heterocycles. The summed E-state index contributed by atoms with van der Waals surface area (Å²) in [7, 11) is 0. The van der Waals surface area contributed by atoms with Gasteiger partial charge < -0.3 is 5.11 Å². The molecule has 106 valence electrons. The summed E-state index contributed by atoms with van der Waals surface area (Å²) in [6.45, 7) is 7.22. The third-order valence-electron chi connectivity index (χ3n) is 2.69. The van der Waals surface area contributed by atoms with Crippen LogP contribution >= 0.6 is 0 Å². The Morgan fingerprint density at radius 1 is 1.35 bits per heavy atom. The van der Waals surface area contributed by atoms with Gasteiger partial charge in [0.1, 0.15) is 0 Å². The Morgan fingerprint density at radius 3 is 2.45 bits per heavy atom. The molecule has 2 heterocycles. The fourth-order valence-electron chi connectivity index (χ4n) is 1.86. The van der Waals surface area contributed by atoms with Crippen molar-refractivity contribution in [2.75, 3.05) is 4.90 Å². The summed E-state index contributed by atoms with van der Waals surface area (Å²) in [5.41, 5.74) is -0.0563. The van der Waals surface area contributed by atoms with Crippen LogP contribution in [0.15, 0.2) is 18.3 Å². The van der Waals surface area contributed by atoms with E-state index in [-0.39, 0.29) is 0 Å². The molecule has 8 nitrogen and oxygen atoms in total. The molecule has 0 unspecified atom stereocenters. The zero-order valence-corrected chi connectivity index (χ0v) is 11.8. The lowest BCUT2D eigenvalue weighted by Gasteiger charge is -2.32. The topological polar surface area (TPSA) is 97.0 Å². The first-order valence-corrected chi connectivity index (χ1v) is 6.05. The molecule has 2 rings (SSSR count). The number of hydrogen-bond donors (Lipinski definition) is 1. The maximum absolute atomic E-state index is 11.4. The van der Waals surface area contributed by atoms with Crippen LogP contribution in [0.5, 0.6) is 0 Å². The molecule has 0 fully saturated rings. The van der Waals surface area contributed by atoms with E-state index in [0.29, 0.717) is 17.3 Å². The predicted octanol–water partition coefficient (Wildman–Crippen LogP) is 1.65. The van der Waals surface area contributed by atoms with Crippen LogP contribution in [0.4, 0.5) is 10.5 Å². The third kappa shape index (κ3) is 2.58. The van der Waals surface area contributed by atoms with Gasteiger partial charge in [-0.05, 0) is 50.3 Å². The standard InChI is InChI=1S/C12H16N6O2/c1-8-14-15-16-18(8)10-6-5-9(7-13-10)17(11(19)20)12(2,3)4/h5-7H,1-4H3,(H,19,20). The molecule has 8 heteroatoms. The van der Waals surface area contributed by atoms with E-state index in [2.05, 4.69) is 20.5 Å². The van der Waals surface area contributed by atoms with Gasteiger partial charge in [-0.15, -0.1) is 5.10 Å². The van der Waals surface area contributed by atoms with Crippen LogP contribution in [0.2, 0.25) is 0 Å².